The van der Waals surface area contributed by atoms with E-state index in [4.69, 9.17) is 0 Å². The van der Waals surface area contributed by atoms with Crippen LogP contribution in [0.4, 0.5) is 5.69 Å². The van der Waals surface area contributed by atoms with Crippen LogP contribution in [0, 0.1) is 5.92 Å². The lowest BCUT2D eigenvalue weighted by atomic mass is 9.93. The van der Waals surface area contributed by atoms with Crippen LogP contribution in [0.25, 0.3) is 0 Å². The Morgan fingerprint density at radius 3 is 2.76 bits per heavy atom. The third kappa shape index (κ3) is 4.45. The molecule has 2 amide bonds. The highest BCUT2D eigenvalue weighted by Gasteiger charge is 2.19. The standard InChI is InChI=1S/C17H22N2O2/c1-18-16(20)12-11-13-7-5-6-10-15(13)19-17(21)14-8-3-2-4-9-14/h2-3,5-7,10,14H,4,8-9,11-12H2,1H3,(H,18,20)(H,19,21). The monoisotopic (exact) mass is 286 g/mol. The predicted molar refractivity (Wildman–Crippen MR) is 83.9 cm³/mol. The minimum absolute atomic E-state index is 0.00791. The summed E-state index contributed by atoms with van der Waals surface area (Å²) < 4.78 is 0. The number of para-hydroxylation sites is 1. The van der Waals surface area contributed by atoms with Gasteiger partial charge in [0.25, 0.3) is 0 Å². The molecule has 1 aliphatic rings. The number of carbonyl (C=O) groups excluding carboxylic acids is 2. The fourth-order valence-electron chi connectivity index (χ4n) is 2.50. The lowest BCUT2D eigenvalue weighted by molar-refractivity contribution is -0.121. The normalized spacial score (nSPS) is 17.3. The minimum Gasteiger partial charge on any atom is -0.359 e. The molecule has 0 aromatic heterocycles. The van der Waals surface area contributed by atoms with E-state index < -0.39 is 0 Å². The molecule has 0 aliphatic heterocycles. The molecular formula is C17H22N2O2. The molecule has 1 aliphatic carbocycles. The van der Waals surface area contributed by atoms with Gasteiger partial charge in [-0.1, -0.05) is 30.4 Å². The van der Waals surface area contributed by atoms with Crippen LogP contribution in [0.3, 0.4) is 0 Å². The van der Waals surface area contributed by atoms with Gasteiger partial charge < -0.3 is 10.6 Å². The molecule has 0 saturated carbocycles. The molecule has 2 N–H and O–H groups in total. The molecule has 1 unspecified atom stereocenters. The van der Waals surface area contributed by atoms with E-state index in [2.05, 4.69) is 22.8 Å². The van der Waals surface area contributed by atoms with E-state index in [1.807, 2.05) is 24.3 Å². The van der Waals surface area contributed by atoms with Crippen LogP contribution in [-0.2, 0) is 16.0 Å². The van der Waals surface area contributed by atoms with Crippen molar-refractivity contribution < 1.29 is 9.59 Å². The second-order valence-corrected chi connectivity index (χ2v) is 5.30. The van der Waals surface area contributed by atoms with Crippen molar-refractivity contribution in [2.24, 2.45) is 5.92 Å². The Balaban J connectivity index is 2.00. The largest absolute Gasteiger partial charge is 0.359 e. The Morgan fingerprint density at radius 1 is 1.24 bits per heavy atom. The highest BCUT2D eigenvalue weighted by Crippen LogP contribution is 2.22. The summed E-state index contributed by atoms with van der Waals surface area (Å²) in [5.41, 5.74) is 1.82. The highest BCUT2D eigenvalue weighted by atomic mass is 16.2. The number of carbonyl (C=O) groups is 2. The van der Waals surface area contributed by atoms with Gasteiger partial charge >= 0.3 is 0 Å². The zero-order valence-electron chi connectivity index (χ0n) is 12.4. The van der Waals surface area contributed by atoms with Gasteiger partial charge in [0.05, 0.1) is 0 Å². The smallest absolute Gasteiger partial charge is 0.227 e. The van der Waals surface area contributed by atoms with Crippen LogP contribution in [0.2, 0.25) is 0 Å². The maximum absolute atomic E-state index is 12.3. The fraction of sp³-hybridized carbons (Fsp3) is 0.412. The van der Waals surface area contributed by atoms with Gasteiger partial charge in [-0.15, -0.1) is 0 Å². The second kappa shape index (κ2) is 7.62. The van der Waals surface area contributed by atoms with E-state index in [0.29, 0.717) is 12.8 Å². The zero-order chi connectivity index (χ0) is 15.1. The molecule has 4 heteroatoms. The molecule has 21 heavy (non-hydrogen) atoms. The van der Waals surface area contributed by atoms with Gasteiger partial charge in [0.15, 0.2) is 0 Å². The van der Waals surface area contributed by atoms with E-state index in [-0.39, 0.29) is 17.7 Å². The number of hydrogen-bond acceptors (Lipinski definition) is 2. The number of nitrogens with one attached hydrogen (secondary N) is 2. The molecule has 112 valence electrons. The van der Waals surface area contributed by atoms with E-state index in [9.17, 15) is 9.59 Å². The van der Waals surface area contributed by atoms with Crippen molar-refractivity contribution >= 4 is 17.5 Å². The van der Waals surface area contributed by atoms with Gasteiger partial charge in [0, 0.05) is 25.1 Å². The van der Waals surface area contributed by atoms with Crippen molar-refractivity contribution in [2.45, 2.75) is 32.1 Å². The fourth-order valence-corrected chi connectivity index (χ4v) is 2.50. The van der Waals surface area contributed by atoms with Gasteiger partial charge in [-0.2, -0.15) is 0 Å². The van der Waals surface area contributed by atoms with E-state index >= 15 is 0 Å². The van der Waals surface area contributed by atoms with Crippen LogP contribution in [-0.4, -0.2) is 18.9 Å². The van der Waals surface area contributed by atoms with E-state index in [1.54, 1.807) is 7.05 Å². The lowest BCUT2D eigenvalue weighted by Crippen LogP contribution is -2.24. The quantitative estimate of drug-likeness (QED) is 0.818. The van der Waals surface area contributed by atoms with Crippen molar-refractivity contribution in [3.8, 4) is 0 Å². The van der Waals surface area contributed by atoms with Crippen molar-refractivity contribution in [3.05, 3.63) is 42.0 Å². The Kier molecular flexibility index (Phi) is 5.55. The molecular weight excluding hydrogens is 264 g/mol. The highest BCUT2D eigenvalue weighted by molar-refractivity contribution is 5.93. The third-order valence-corrected chi connectivity index (χ3v) is 3.82. The van der Waals surface area contributed by atoms with E-state index in [1.165, 1.54) is 0 Å². The molecule has 0 fully saturated rings. The van der Waals surface area contributed by atoms with Crippen LogP contribution in [0.15, 0.2) is 36.4 Å². The molecule has 1 aromatic rings. The average molecular weight is 286 g/mol. The first kappa shape index (κ1) is 15.3. The number of anilines is 1. The summed E-state index contributed by atoms with van der Waals surface area (Å²) in [6.45, 7) is 0. The predicted octanol–water partition coefficient (Wildman–Crippen LogP) is 2.66. The van der Waals surface area contributed by atoms with Gasteiger partial charge in [0.1, 0.15) is 0 Å². The Labute approximate surface area is 125 Å². The first-order valence-corrected chi connectivity index (χ1v) is 7.45. The number of aryl methyl sites for hydroxylation is 1. The minimum atomic E-state index is 0.00791. The number of hydrogen-bond donors (Lipinski definition) is 2. The molecule has 0 radical (unpaired) electrons. The lowest BCUT2D eigenvalue weighted by Gasteiger charge is -2.18. The summed E-state index contributed by atoms with van der Waals surface area (Å²) in [5.74, 6) is 0.141. The van der Waals surface area contributed by atoms with Crippen LogP contribution < -0.4 is 10.6 Å². The van der Waals surface area contributed by atoms with Crippen LogP contribution in [0.5, 0.6) is 0 Å². The maximum Gasteiger partial charge on any atom is 0.227 e. The summed E-state index contributed by atoms with van der Waals surface area (Å²) in [5, 5.41) is 5.63. The zero-order valence-corrected chi connectivity index (χ0v) is 12.4. The summed E-state index contributed by atoms with van der Waals surface area (Å²) in [6.07, 6.45) is 7.94. The van der Waals surface area contributed by atoms with Gasteiger partial charge in [-0.05, 0) is 37.3 Å². The Bertz CT molecular complexity index is 537. The van der Waals surface area contributed by atoms with Gasteiger partial charge in [-0.25, -0.2) is 0 Å². The average Bonchev–Trinajstić information content (AvgIpc) is 2.54. The summed E-state index contributed by atoms with van der Waals surface area (Å²) in [6, 6.07) is 7.69. The molecule has 4 nitrogen and oxygen atoms in total. The first-order valence-electron chi connectivity index (χ1n) is 7.45. The number of amides is 2. The van der Waals surface area contributed by atoms with Gasteiger partial charge in [-0.3, -0.25) is 9.59 Å². The van der Waals surface area contributed by atoms with Crippen LogP contribution in [0.1, 0.15) is 31.2 Å². The topological polar surface area (TPSA) is 58.2 Å². The number of rotatable bonds is 5. The Morgan fingerprint density at radius 2 is 2.05 bits per heavy atom. The second-order valence-electron chi connectivity index (χ2n) is 5.30. The summed E-state index contributed by atoms with van der Waals surface area (Å²) in [4.78, 5) is 23.6. The summed E-state index contributed by atoms with van der Waals surface area (Å²) in [7, 11) is 1.63. The molecule has 0 heterocycles. The molecule has 0 spiro atoms. The van der Waals surface area contributed by atoms with Gasteiger partial charge in [0.2, 0.25) is 11.8 Å². The summed E-state index contributed by atoms with van der Waals surface area (Å²) >= 11 is 0. The molecule has 2 rings (SSSR count). The third-order valence-electron chi connectivity index (χ3n) is 3.82. The van der Waals surface area contributed by atoms with Crippen molar-refractivity contribution in [2.75, 3.05) is 12.4 Å². The van der Waals surface area contributed by atoms with Crippen molar-refractivity contribution in [3.63, 3.8) is 0 Å². The van der Waals surface area contributed by atoms with Crippen molar-refractivity contribution in [1.82, 2.24) is 5.32 Å². The maximum atomic E-state index is 12.3. The van der Waals surface area contributed by atoms with Crippen LogP contribution >= 0.6 is 0 Å². The Hall–Kier alpha value is -2.10. The number of allylic oxidation sites excluding steroid dienone is 2. The SMILES string of the molecule is CNC(=O)CCc1ccccc1NC(=O)C1CC=CCC1. The molecule has 0 saturated heterocycles. The molecule has 0 bridgehead atoms. The van der Waals surface area contributed by atoms with E-state index in [0.717, 1.165) is 30.5 Å². The molecule has 1 atom stereocenters. The number of benzene rings is 1. The van der Waals surface area contributed by atoms with Crippen molar-refractivity contribution in [1.29, 1.82) is 0 Å². The molecule has 1 aromatic carbocycles. The first-order chi connectivity index (χ1) is 10.2.